The van der Waals surface area contributed by atoms with Gasteiger partial charge in [0, 0.05) is 43.1 Å². The van der Waals surface area contributed by atoms with Gasteiger partial charge in [0.25, 0.3) is 5.91 Å². The first-order chi connectivity index (χ1) is 12.6. The van der Waals surface area contributed by atoms with Gasteiger partial charge in [0.15, 0.2) is 6.61 Å². The van der Waals surface area contributed by atoms with Gasteiger partial charge in [-0.05, 0) is 38.1 Å². The van der Waals surface area contributed by atoms with E-state index >= 15 is 0 Å². The van der Waals surface area contributed by atoms with E-state index in [1.165, 1.54) is 0 Å². The van der Waals surface area contributed by atoms with Crippen LogP contribution in [0.2, 0.25) is 0 Å². The highest BCUT2D eigenvalue weighted by atomic mass is 16.5. The summed E-state index contributed by atoms with van der Waals surface area (Å²) in [5, 5.41) is 6.85. The van der Waals surface area contributed by atoms with Gasteiger partial charge >= 0.3 is 0 Å². The van der Waals surface area contributed by atoms with Crippen LogP contribution in [0.15, 0.2) is 48.9 Å². The van der Waals surface area contributed by atoms with Gasteiger partial charge in [-0.25, -0.2) is 9.97 Å². The minimum atomic E-state index is -0.166. The quantitative estimate of drug-likeness (QED) is 0.609. The third kappa shape index (κ3) is 4.30. The molecule has 2 heterocycles. The molecular formula is C19H23N5O2. The van der Waals surface area contributed by atoms with E-state index in [-0.39, 0.29) is 12.5 Å². The highest BCUT2D eigenvalue weighted by Crippen LogP contribution is 2.28. The Balaban J connectivity index is 1.48. The van der Waals surface area contributed by atoms with Crippen molar-refractivity contribution < 1.29 is 9.53 Å². The first kappa shape index (κ1) is 17.7. The van der Waals surface area contributed by atoms with Gasteiger partial charge in [-0.1, -0.05) is 6.07 Å². The highest BCUT2D eigenvalue weighted by Gasteiger charge is 2.10. The second-order valence-electron chi connectivity index (χ2n) is 6.14. The normalized spacial score (nSPS) is 10.9. The second-order valence-corrected chi connectivity index (χ2v) is 6.14. The number of fused-ring (bicyclic) bond motifs is 1. The van der Waals surface area contributed by atoms with E-state index in [2.05, 4.69) is 45.1 Å². The van der Waals surface area contributed by atoms with Gasteiger partial charge in [-0.15, -0.1) is 0 Å². The van der Waals surface area contributed by atoms with Crippen LogP contribution in [0.25, 0.3) is 10.9 Å². The van der Waals surface area contributed by atoms with Crippen molar-refractivity contribution in [3.05, 3.63) is 48.9 Å². The molecule has 0 bridgehead atoms. The maximum absolute atomic E-state index is 12.0. The van der Waals surface area contributed by atoms with E-state index in [1.807, 2.05) is 24.4 Å². The molecule has 3 aromatic rings. The number of hydrogen-bond acceptors (Lipinski definition) is 5. The fraction of sp³-hybridized carbons (Fsp3) is 0.316. The monoisotopic (exact) mass is 353 g/mol. The van der Waals surface area contributed by atoms with E-state index in [4.69, 9.17) is 4.74 Å². The third-order valence-corrected chi connectivity index (χ3v) is 3.93. The molecule has 2 aromatic heterocycles. The molecule has 0 fully saturated rings. The van der Waals surface area contributed by atoms with Crippen molar-refractivity contribution in [1.82, 2.24) is 19.9 Å². The molecule has 136 valence electrons. The van der Waals surface area contributed by atoms with E-state index in [0.29, 0.717) is 30.8 Å². The lowest BCUT2D eigenvalue weighted by Gasteiger charge is -2.11. The molecular weight excluding hydrogens is 330 g/mol. The summed E-state index contributed by atoms with van der Waals surface area (Å²) < 4.78 is 7.90. The lowest BCUT2D eigenvalue weighted by Crippen LogP contribution is -2.32. The highest BCUT2D eigenvalue weighted by molar-refractivity contribution is 5.87. The van der Waals surface area contributed by atoms with Crippen LogP contribution in [0.1, 0.15) is 19.9 Å². The molecule has 2 N–H and O–H groups in total. The second kappa shape index (κ2) is 8.33. The molecule has 0 radical (unpaired) electrons. The van der Waals surface area contributed by atoms with Gasteiger partial charge in [-0.2, -0.15) is 0 Å². The number of rotatable bonds is 8. The minimum absolute atomic E-state index is 0.0200. The molecule has 0 aliphatic rings. The number of anilines is 1. The van der Waals surface area contributed by atoms with E-state index in [0.717, 1.165) is 10.9 Å². The summed E-state index contributed by atoms with van der Waals surface area (Å²) in [5.41, 5.74) is 1.10. The average molecular weight is 353 g/mol. The maximum Gasteiger partial charge on any atom is 0.258 e. The van der Waals surface area contributed by atoms with Crippen LogP contribution < -0.4 is 15.4 Å². The number of ether oxygens (including phenoxy) is 1. The summed E-state index contributed by atoms with van der Waals surface area (Å²) in [6, 6.07) is 10.0. The summed E-state index contributed by atoms with van der Waals surface area (Å²) in [6.45, 7) is 5.26. The van der Waals surface area contributed by atoms with Crippen molar-refractivity contribution in [3.63, 3.8) is 0 Å². The minimum Gasteiger partial charge on any atom is -0.483 e. The molecule has 0 aliphatic carbocycles. The predicted octanol–water partition coefficient (Wildman–Crippen LogP) is 2.62. The number of amides is 1. The molecule has 0 unspecified atom stereocenters. The van der Waals surface area contributed by atoms with Gasteiger partial charge in [0.2, 0.25) is 5.95 Å². The van der Waals surface area contributed by atoms with Gasteiger partial charge in [0.05, 0.1) is 5.52 Å². The lowest BCUT2D eigenvalue weighted by molar-refractivity contribution is -0.122. The zero-order chi connectivity index (χ0) is 18.4. The molecule has 0 atom stereocenters. The Morgan fingerprint density at radius 1 is 1.15 bits per heavy atom. The molecule has 0 saturated carbocycles. The average Bonchev–Trinajstić information content (AvgIpc) is 3.09. The van der Waals surface area contributed by atoms with Crippen molar-refractivity contribution in [3.8, 4) is 5.75 Å². The topological polar surface area (TPSA) is 81.1 Å². The number of benzene rings is 1. The van der Waals surface area contributed by atoms with Crippen LogP contribution in [0.5, 0.6) is 5.75 Å². The molecule has 0 saturated heterocycles. The van der Waals surface area contributed by atoms with E-state index < -0.39 is 0 Å². The number of nitrogens with zero attached hydrogens (tertiary/aromatic N) is 3. The lowest BCUT2D eigenvalue weighted by atomic mass is 10.2. The number of nitrogens with one attached hydrogen (secondary N) is 2. The number of aromatic nitrogens is 3. The summed E-state index contributed by atoms with van der Waals surface area (Å²) in [5.74, 6) is 1.09. The number of hydrogen-bond donors (Lipinski definition) is 2. The summed E-state index contributed by atoms with van der Waals surface area (Å²) in [7, 11) is 0. The summed E-state index contributed by atoms with van der Waals surface area (Å²) >= 11 is 0. The third-order valence-electron chi connectivity index (χ3n) is 3.93. The largest absolute Gasteiger partial charge is 0.483 e. The molecule has 7 nitrogen and oxygen atoms in total. The Labute approximate surface area is 152 Å². The fourth-order valence-corrected chi connectivity index (χ4v) is 2.70. The Hall–Kier alpha value is -3.09. The van der Waals surface area contributed by atoms with Crippen LogP contribution in [-0.4, -0.2) is 40.1 Å². The fourth-order valence-electron chi connectivity index (χ4n) is 2.70. The molecule has 1 amide bonds. The Morgan fingerprint density at radius 3 is 2.73 bits per heavy atom. The maximum atomic E-state index is 12.0. The smallest absolute Gasteiger partial charge is 0.258 e. The van der Waals surface area contributed by atoms with Crippen molar-refractivity contribution in [2.45, 2.75) is 19.9 Å². The molecule has 1 aromatic carbocycles. The molecule has 7 heteroatoms. The van der Waals surface area contributed by atoms with Crippen LogP contribution in [0.4, 0.5) is 5.95 Å². The summed E-state index contributed by atoms with van der Waals surface area (Å²) in [4.78, 5) is 20.1. The first-order valence-corrected chi connectivity index (χ1v) is 8.65. The first-order valence-electron chi connectivity index (χ1n) is 8.65. The predicted molar refractivity (Wildman–Crippen MR) is 101 cm³/mol. The number of carbonyl (C=O) groups is 1. The van der Waals surface area contributed by atoms with Crippen molar-refractivity contribution >= 4 is 22.8 Å². The van der Waals surface area contributed by atoms with E-state index in [1.54, 1.807) is 18.5 Å². The SMILES string of the molecule is CC(C)n1ccc2c(OCC(=O)NCCNc3ncccn3)cccc21. The van der Waals surface area contributed by atoms with Crippen molar-refractivity contribution in [1.29, 1.82) is 0 Å². The van der Waals surface area contributed by atoms with Gasteiger partial charge in [0.1, 0.15) is 5.75 Å². The Bertz CT molecular complexity index is 861. The van der Waals surface area contributed by atoms with Crippen molar-refractivity contribution in [2.24, 2.45) is 0 Å². The molecule has 0 spiro atoms. The van der Waals surface area contributed by atoms with Crippen LogP contribution in [0, 0.1) is 0 Å². The molecule has 3 rings (SSSR count). The van der Waals surface area contributed by atoms with Gasteiger partial charge in [-0.3, -0.25) is 4.79 Å². The Morgan fingerprint density at radius 2 is 1.96 bits per heavy atom. The molecule has 26 heavy (non-hydrogen) atoms. The molecule has 0 aliphatic heterocycles. The standard InChI is InChI=1S/C19H23N5O2/c1-14(2)24-12-7-15-16(24)5-3-6-17(15)26-13-18(25)20-10-11-23-19-21-8-4-9-22-19/h3-9,12,14H,10-11,13H2,1-2H3,(H,20,25)(H,21,22,23). The Kier molecular flexibility index (Phi) is 5.68. The van der Waals surface area contributed by atoms with E-state index in [9.17, 15) is 4.79 Å². The summed E-state index contributed by atoms with van der Waals surface area (Å²) in [6.07, 6.45) is 5.36. The zero-order valence-electron chi connectivity index (χ0n) is 15.0. The van der Waals surface area contributed by atoms with Crippen LogP contribution >= 0.6 is 0 Å². The van der Waals surface area contributed by atoms with Crippen LogP contribution in [-0.2, 0) is 4.79 Å². The van der Waals surface area contributed by atoms with Crippen LogP contribution in [0.3, 0.4) is 0 Å². The van der Waals surface area contributed by atoms with Gasteiger partial charge < -0.3 is 19.9 Å². The zero-order valence-corrected chi connectivity index (χ0v) is 15.0. The van der Waals surface area contributed by atoms with Crippen molar-refractivity contribution in [2.75, 3.05) is 25.0 Å². The number of carbonyl (C=O) groups excluding carboxylic acids is 1.